The van der Waals surface area contributed by atoms with Gasteiger partial charge in [0.05, 0.1) is 0 Å². The molecule has 0 saturated carbocycles. The van der Waals surface area contributed by atoms with Gasteiger partial charge in [0.15, 0.2) is 0 Å². The summed E-state index contributed by atoms with van der Waals surface area (Å²) in [5, 5.41) is 16.0. The molecule has 0 aromatic heterocycles. The Hall–Kier alpha value is -5.20. The lowest BCUT2D eigenvalue weighted by Gasteiger charge is -2.24. The van der Waals surface area contributed by atoms with Crippen molar-refractivity contribution in [3.63, 3.8) is 0 Å². The maximum Gasteiger partial charge on any atom is 0.0159 e. The van der Waals surface area contributed by atoms with Crippen molar-refractivity contribution in [1.82, 2.24) is 0 Å². The van der Waals surface area contributed by atoms with Gasteiger partial charge in [0.2, 0.25) is 0 Å². The van der Waals surface area contributed by atoms with Crippen molar-refractivity contribution < 1.29 is 0 Å². The normalized spacial score (nSPS) is 14.2. The van der Waals surface area contributed by atoms with Gasteiger partial charge >= 0.3 is 0 Å². The van der Waals surface area contributed by atoms with Gasteiger partial charge < -0.3 is 0 Å². The van der Waals surface area contributed by atoms with Gasteiger partial charge in [-0.2, -0.15) is 0 Å². The summed E-state index contributed by atoms with van der Waals surface area (Å²) < 4.78 is 0. The highest BCUT2D eigenvalue weighted by Gasteiger charge is 2.37. The zero-order valence-electron chi connectivity index (χ0n) is 27.6. The highest BCUT2D eigenvalue weighted by molar-refractivity contribution is 6.27. The van der Waals surface area contributed by atoms with Gasteiger partial charge in [0.25, 0.3) is 0 Å². The largest absolute Gasteiger partial charge is 0.0616 e. The summed E-state index contributed by atoms with van der Waals surface area (Å²) in [4.78, 5) is 0. The van der Waals surface area contributed by atoms with Gasteiger partial charge in [-0.05, 0) is 127 Å². The Labute approximate surface area is 275 Å². The fourth-order valence-electron chi connectivity index (χ4n) is 8.80. The van der Waals surface area contributed by atoms with Gasteiger partial charge in [-0.3, -0.25) is 0 Å². The van der Waals surface area contributed by atoms with Crippen LogP contribution in [0.3, 0.4) is 0 Å². The van der Waals surface area contributed by atoms with Crippen molar-refractivity contribution in [2.45, 2.75) is 45.4 Å². The van der Waals surface area contributed by atoms with E-state index in [0.717, 1.165) is 0 Å². The molecule has 0 radical (unpaired) electrons. The second-order valence-corrected chi connectivity index (χ2v) is 15.4. The Balaban J connectivity index is 1.24. The second kappa shape index (κ2) is 8.99. The van der Waals surface area contributed by atoms with Gasteiger partial charge in [0.1, 0.15) is 0 Å². The third-order valence-electron chi connectivity index (χ3n) is 11.3. The van der Waals surface area contributed by atoms with Crippen LogP contribution in [-0.4, -0.2) is 0 Å². The number of fused-ring (bicyclic) bond motifs is 9. The van der Waals surface area contributed by atoms with E-state index >= 15 is 0 Å². The van der Waals surface area contributed by atoms with Crippen LogP contribution < -0.4 is 0 Å². The Morgan fingerprint density at radius 1 is 0.426 bits per heavy atom. The molecule has 0 spiro atoms. The molecule has 9 aromatic carbocycles. The van der Waals surface area contributed by atoms with E-state index in [0.29, 0.717) is 0 Å². The molecule has 47 heavy (non-hydrogen) atoms. The molecule has 10 rings (SSSR count). The summed E-state index contributed by atoms with van der Waals surface area (Å²) in [6.07, 6.45) is 0. The van der Waals surface area contributed by atoms with Crippen LogP contribution in [0.4, 0.5) is 0 Å². The number of hydrogen-bond donors (Lipinski definition) is 0. The van der Waals surface area contributed by atoms with Gasteiger partial charge in [-0.15, -0.1) is 0 Å². The smallest absolute Gasteiger partial charge is 0.0159 e. The van der Waals surface area contributed by atoms with Crippen LogP contribution in [0.1, 0.15) is 51.3 Å². The first-order valence-corrected chi connectivity index (χ1v) is 16.9. The molecule has 0 heterocycles. The summed E-state index contributed by atoms with van der Waals surface area (Å²) in [6.45, 7) is 11.8. The molecule has 9 aromatic rings. The molecule has 0 fully saturated rings. The van der Waals surface area contributed by atoms with E-state index in [4.69, 9.17) is 0 Å². The summed E-state index contributed by atoms with van der Waals surface area (Å²) in [5.74, 6) is 0. The van der Waals surface area contributed by atoms with Crippen molar-refractivity contribution in [2.75, 3.05) is 0 Å². The van der Waals surface area contributed by atoms with Crippen LogP contribution in [0.25, 0.3) is 86.9 Å². The van der Waals surface area contributed by atoms with E-state index in [1.807, 2.05) is 0 Å². The quantitative estimate of drug-likeness (QED) is 0.164. The number of benzene rings is 9. The van der Waals surface area contributed by atoms with E-state index in [-0.39, 0.29) is 10.8 Å². The Morgan fingerprint density at radius 3 is 1.81 bits per heavy atom. The topological polar surface area (TPSA) is 0 Å². The zero-order chi connectivity index (χ0) is 31.8. The first-order valence-electron chi connectivity index (χ1n) is 16.9. The molecule has 224 valence electrons. The molecular weight excluding hydrogens is 565 g/mol. The minimum atomic E-state index is -0.121. The number of rotatable bonds is 1. The lowest BCUT2D eigenvalue weighted by molar-refractivity contribution is 0.591. The van der Waals surface area contributed by atoms with Crippen molar-refractivity contribution >= 4 is 64.6 Å². The minimum Gasteiger partial charge on any atom is -0.0616 e. The molecule has 0 atom stereocenters. The van der Waals surface area contributed by atoms with Crippen LogP contribution in [0.2, 0.25) is 0 Å². The molecule has 0 bridgehead atoms. The fourth-order valence-corrected chi connectivity index (χ4v) is 8.80. The average molecular weight is 601 g/mol. The highest BCUT2D eigenvalue weighted by atomic mass is 14.4. The van der Waals surface area contributed by atoms with E-state index in [2.05, 4.69) is 162 Å². The Kier molecular flexibility index (Phi) is 5.16. The lowest BCUT2D eigenvalue weighted by atomic mass is 9.79. The van der Waals surface area contributed by atoms with Gasteiger partial charge in [-0.1, -0.05) is 144 Å². The molecule has 1 aliphatic carbocycles. The first kappa shape index (κ1) is 27.0. The molecule has 0 amide bonds. The Morgan fingerprint density at radius 2 is 1.04 bits per heavy atom. The van der Waals surface area contributed by atoms with Crippen molar-refractivity contribution in [2.24, 2.45) is 0 Å². The zero-order valence-corrected chi connectivity index (χ0v) is 27.6. The SMILES string of the molecule is CC(C)(C)c1cc2ccc3cc4c(c5ccc(c1)c2c35)-c1ccc(-c2cc3c5ccccc5ccc3c3ccccc23)cc1C4(C)C. The van der Waals surface area contributed by atoms with Crippen LogP contribution >= 0.6 is 0 Å². The minimum absolute atomic E-state index is 0.107. The predicted octanol–water partition coefficient (Wildman–Crippen LogP) is 13.3. The maximum atomic E-state index is 2.50. The van der Waals surface area contributed by atoms with E-state index < -0.39 is 0 Å². The van der Waals surface area contributed by atoms with Crippen LogP contribution in [-0.2, 0) is 10.8 Å². The molecule has 0 N–H and O–H groups in total. The third-order valence-corrected chi connectivity index (χ3v) is 11.3. The van der Waals surface area contributed by atoms with Crippen LogP contribution in [0.15, 0.2) is 127 Å². The molecule has 0 nitrogen and oxygen atoms in total. The molecule has 0 aliphatic heterocycles. The lowest BCUT2D eigenvalue weighted by Crippen LogP contribution is -2.15. The van der Waals surface area contributed by atoms with Crippen molar-refractivity contribution in [1.29, 1.82) is 0 Å². The maximum absolute atomic E-state index is 2.50. The standard InChI is InChI=1S/C47H36/c1-46(2,3)32-22-29-14-15-31-25-42-45(38-21-18-30(23-32)43(29)44(31)38)37-20-17-28(24-41(37)47(42,4)5)39-26-40-33-11-7-6-10-27(33)16-19-36(40)34-12-8-9-13-35(34)39/h6-26H,1-5H3. The molecule has 1 aliphatic rings. The monoisotopic (exact) mass is 600 g/mol. The van der Waals surface area contributed by atoms with E-state index in [9.17, 15) is 0 Å². The fraction of sp³-hybridized carbons (Fsp3) is 0.149. The molecular formula is C47H36. The highest BCUT2D eigenvalue weighted by Crippen LogP contribution is 2.54. The summed E-state index contributed by atoms with van der Waals surface area (Å²) in [5.41, 5.74) is 9.59. The van der Waals surface area contributed by atoms with E-state index in [1.165, 1.54) is 104 Å². The average Bonchev–Trinajstić information content (AvgIpc) is 3.31. The molecule has 0 saturated heterocycles. The predicted molar refractivity (Wildman–Crippen MR) is 204 cm³/mol. The van der Waals surface area contributed by atoms with E-state index in [1.54, 1.807) is 0 Å². The van der Waals surface area contributed by atoms with Crippen molar-refractivity contribution in [3.8, 4) is 22.3 Å². The van der Waals surface area contributed by atoms with Crippen LogP contribution in [0, 0.1) is 0 Å². The summed E-state index contributed by atoms with van der Waals surface area (Å²) >= 11 is 0. The van der Waals surface area contributed by atoms with Crippen molar-refractivity contribution in [3.05, 3.63) is 144 Å². The molecule has 0 heteroatoms. The second-order valence-electron chi connectivity index (χ2n) is 15.4. The number of hydrogen-bond acceptors (Lipinski definition) is 0. The Bertz CT molecular complexity index is 2760. The first-order chi connectivity index (χ1) is 22.7. The summed E-state index contributed by atoms with van der Waals surface area (Å²) in [6, 6.07) is 48.8. The van der Waals surface area contributed by atoms with Crippen LogP contribution in [0.5, 0.6) is 0 Å². The summed E-state index contributed by atoms with van der Waals surface area (Å²) in [7, 11) is 0. The molecule has 0 unspecified atom stereocenters. The van der Waals surface area contributed by atoms with Gasteiger partial charge in [-0.25, -0.2) is 0 Å². The van der Waals surface area contributed by atoms with Gasteiger partial charge in [0, 0.05) is 5.41 Å². The third kappa shape index (κ3) is 3.59.